The number of nitrogens with two attached hydrogens (primary N) is 1. The Balaban J connectivity index is 1.91. The van der Waals surface area contributed by atoms with Gasteiger partial charge in [0.15, 0.2) is 0 Å². The van der Waals surface area contributed by atoms with Crippen molar-refractivity contribution in [3.63, 3.8) is 0 Å². The third kappa shape index (κ3) is 1.89. The molecule has 2 N–H and O–H groups in total. The lowest BCUT2D eigenvalue weighted by atomic mass is 10.1. The highest BCUT2D eigenvalue weighted by molar-refractivity contribution is 5.69. The van der Waals surface area contributed by atoms with E-state index in [1.807, 2.05) is 0 Å². The van der Waals surface area contributed by atoms with Crippen molar-refractivity contribution in [1.82, 2.24) is 0 Å². The number of benzene rings is 1. The summed E-state index contributed by atoms with van der Waals surface area (Å²) in [4.78, 5) is 2.45. The molecule has 0 radical (unpaired) electrons. The van der Waals surface area contributed by atoms with E-state index < -0.39 is 0 Å². The molecule has 1 aliphatic carbocycles. The predicted molar refractivity (Wildman–Crippen MR) is 70.3 cm³/mol. The van der Waals surface area contributed by atoms with Gasteiger partial charge in [0.05, 0.1) is 30.1 Å². The largest absolute Gasteiger partial charge is 0.397 e. The smallest absolute Gasteiger partial charge is 0.0779 e. The first kappa shape index (κ1) is 10.9. The maximum atomic E-state index is 6.15. The SMILES string of the molecule is Cc1ccc(N2CCOC3CCCC32)c(N)c1. The fourth-order valence-corrected chi connectivity index (χ4v) is 3.16. The highest BCUT2D eigenvalue weighted by Crippen LogP contribution is 2.35. The molecule has 0 bridgehead atoms. The molecular formula is C14H20N2O. The van der Waals surface area contributed by atoms with E-state index in [0.29, 0.717) is 12.1 Å². The molecule has 1 heterocycles. The van der Waals surface area contributed by atoms with Gasteiger partial charge >= 0.3 is 0 Å². The molecule has 1 saturated heterocycles. The number of morpholine rings is 1. The summed E-state index contributed by atoms with van der Waals surface area (Å²) in [5.41, 5.74) is 9.47. The number of nitrogen functional groups attached to an aromatic ring is 1. The van der Waals surface area contributed by atoms with Gasteiger partial charge in [0.25, 0.3) is 0 Å². The van der Waals surface area contributed by atoms with Crippen molar-refractivity contribution >= 4 is 11.4 Å². The topological polar surface area (TPSA) is 38.5 Å². The van der Waals surface area contributed by atoms with Crippen LogP contribution in [0.5, 0.6) is 0 Å². The Morgan fingerprint density at radius 1 is 1.35 bits per heavy atom. The summed E-state index contributed by atoms with van der Waals surface area (Å²) in [5.74, 6) is 0. The van der Waals surface area contributed by atoms with Crippen LogP contribution in [0.15, 0.2) is 18.2 Å². The van der Waals surface area contributed by atoms with E-state index in [1.165, 1.54) is 30.5 Å². The highest BCUT2D eigenvalue weighted by Gasteiger charge is 2.36. The van der Waals surface area contributed by atoms with Crippen LogP contribution >= 0.6 is 0 Å². The lowest BCUT2D eigenvalue weighted by Gasteiger charge is -2.39. The molecule has 3 nitrogen and oxygen atoms in total. The number of anilines is 2. The molecule has 2 aliphatic rings. The normalized spacial score (nSPS) is 28.2. The van der Waals surface area contributed by atoms with E-state index in [9.17, 15) is 0 Å². The van der Waals surface area contributed by atoms with Crippen LogP contribution in [0.4, 0.5) is 11.4 Å². The Labute approximate surface area is 103 Å². The summed E-state index contributed by atoms with van der Waals surface area (Å²) in [5, 5.41) is 0. The van der Waals surface area contributed by atoms with Crippen LogP contribution < -0.4 is 10.6 Å². The fourth-order valence-electron chi connectivity index (χ4n) is 3.16. The number of aryl methyl sites for hydroxylation is 1. The zero-order valence-corrected chi connectivity index (χ0v) is 10.4. The summed E-state index contributed by atoms with van der Waals surface area (Å²) in [6.07, 6.45) is 4.13. The molecule has 17 heavy (non-hydrogen) atoms. The van der Waals surface area contributed by atoms with Crippen LogP contribution in [0, 0.1) is 6.92 Å². The third-order valence-corrected chi connectivity index (χ3v) is 3.97. The molecule has 1 aromatic carbocycles. The highest BCUT2D eigenvalue weighted by atomic mass is 16.5. The summed E-state index contributed by atoms with van der Waals surface area (Å²) < 4.78 is 5.83. The fraction of sp³-hybridized carbons (Fsp3) is 0.571. The average molecular weight is 232 g/mol. The van der Waals surface area contributed by atoms with Gasteiger partial charge < -0.3 is 15.4 Å². The van der Waals surface area contributed by atoms with E-state index >= 15 is 0 Å². The first-order valence-electron chi connectivity index (χ1n) is 6.50. The van der Waals surface area contributed by atoms with Crippen LogP contribution in [0.2, 0.25) is 0 Å². The van der Waals surface area contributed by atoms with E-state index in [2.05, 4.69) is 30.0 Å². The predicted octanol–water partition coefficient (Wildman–Crippen LogP) is 2.33. The van der Waals surface area contributed by atoms with E-state index in [4.69, 9.17) is 10.5 Å². The lowest BCUT2D eigenvalue weighted by Crippen LogP contribution is -2.48. The lowest BCUT2D eigenvalue weighted by molar-refractivity contribution is 0.0257. The van der Waals surface area contributed by atoms with Crippen LogP contribution in [0.3, 0.4) is 0 Å². The Kier molecular flexibility index (Phi) is 2.71. The molecule has 0 spiro atoms. The number of fused-ring (bicyclic) bond motifs is 1. The maximum Gasteiger partial charge on any atom is 0.0779 e. The number of hydrogen-bond acceptors (Lipinski definition) is 3. The minimum Gasteiger partial charge on any atom is -0.397 e. The van der Waals surface area contributed by atoms with Gasteiger partial charge in [0.2, 0.25) is 0 Å². The quantitative estimate of drug-likeness (QED) is 0.755. The minimum atomic E-state index is 0.421. The second-order valence-corrected chi connectivity index (χ2v) is 5.16. The number of rotatable bonds is 1. The Bertz CT molecular complexity index is 419. The second-order valence-electron chi connectivity index (χ2n) is 5.16. The molecule has 1 aliphatic heterocycles. The van der Waals surface area contributed by atoms with Crippen LogP contribution in [-0.2, 0) is 4.74 Å². The molecule has 1 saturated carbocycles. The van der Waals surface area contributed by atoms with E-state index in [1.54, 1.807) is 0 Å². The minimum absolute atomic E-state index is 0.421. The van der Waals surface area contributed by atoms with Gasteiger partial charge in [0.1, 0.15) is 0 Å². The van der Waals surface area contributed by atoms with Gasteiger partial charge in [-0.05, 0) is 43.9 Å². The van der Waals surface area contributed by atoms with Crippen molar-refractivity contribution in [1.29, 1.82) is 0 Å². The molecule has 2 atom stereocenters. The molecular weight excluding hydrogens is 212 g/mol. The molecule has 1 aromatic rings. The number of hydrogen-bond donors (Lipinski definition) is 1. The number of nitrogens with zero attached hydrogens (tertiary/aromatic N) is 1. The molecule has 0 aromatic heterocycles. The van der Waals surface area contributed by atoms with Crippen molar-refractivity contribution in [3.8, 4) is 0 Å². The van der Waals surface area contributed by atoms with Gasteiger partial charge in [-0.15, -0.1) is 0 Å². The molecule has 0 amide bonds. The third-order valence-electron chi connectivity index (χ3n) is 3.97. The van der Waals surface area contributed by atoms with Crippen LogP contribution in [0.25, 0.3) is 0 Å². The standard InChI is InChI=1S/C14H20N2O/c1-10-5-6-12(11(15)9-10)16-7-8-17-14-4-2-3-13(14)16/h5-6,9,13-14H,2-4,7-8,15H2,1H3. The van der Waals surface area contributed by atoms with Crippen molar-refractivity contribution in [3.05, 3.63) is 23.8 Å². The first-order chi connectivity index (χ1) is 8.25. The van der Waals surface area contributed by atoms with Gasteiger partial charge in [-0.1, -0.05) is 6.07 Å². The summed E-state index contributed by atoms with van der Waals surface area (Å²) >= 11 is 0. The molecule has 2 unspecified atom stereocenters. The van der Waals surface area contributed by atoms with Gasteiger partial charge in [-0.2, -0.15) is 0 Å². The Morgan fingerprint density at radius 2 is 2.24 bits per heavy atom. The number of ether oxygens (including phenoxy) is 1. The molecule has 3 rings (SSSR count). The molecule has 2 fully saturated rings. The van der Waals surface area contributed by atoms with Crippen molar-refractivity contribution in [2.75, 3.05) is 23.8 Å². The van der Waals surface area contributed by atoms with Gasteiger partial charge in [-0.3, -0.25) is 0 Å². The van der Waals surface area contributed by atoms with Crippen LogP contribution in [-0.4, -0.2) is 25.3 Å². The van der Waals surface area contributed by atoms with Gasteiger partial charge in [-0.25, -0.2) is 0 Å². The van der Waals surface area contributed by atoms with Crippen molar-refractivity contribution < 1.29 is 4.74 Å². The maximum absolute atomic E-state index is 6.15. The summed E-state index contributed by atoms with van der Waals surface area (Å²) in [6.45, 7) is 3.88. The van der Waals surface area contributed by atoms with Crippen molar-refractivity contribution in [2.24, 2.45) is 0 Å². The Hall–Kier alpha value is -1.22. The summed E-state index contributed by atoms with van der Waals surface area (Å²) in [7, 11) is 0. The average Bonchev–Trinajstić information content (AvgIpc) is 2.77. The zero-order valence-electron chi connectivity index (χ0n) is 10.4. The van der Waals surface area contributed by atoms with Crippen molar-refractivity contribution in [2.45, 2.75) is 38.3 Å². The van der Waals surface area contributed by atoms with Gasteiger partial charge in [0, 0.05) is 6.54 Å². The monoisotopic (exact) mass is 232 g/mol. The summed E-state index contributed by atoms with van der Waals surface area (Å²) in [6, 6.07) is 6.90. The Morgan fingerprint density at radius 3 is 3.06 bits per heavy atom. The zero-order chi connectivity index (χ0) is 11.8. The van der Waals surface area contributed by atoms with Crippen LogP contribution in [0.1, 0.15) is 24.8 Å². The van der Waals surface area contributed by atoms with E-state index in [-0.39, 0.29) is 0 Å². The molecule has 92 valence electrons. The second kappa shape index (κ2) is 4.22. The first-order valence-corrected chi connectivity index (χ1v) is 6.50. The molecule has 3 heteroatoms. The van der Waals surface area contributed by atoms with E-state index in [0.717, 1.165) is 18.8 Å².